The number of carbonyl (C=O) groups is 2. The molecule has 5 nitrogen and oxygen atoms in total. The Hall–Kier alpha value is -2.63. The van der Waals surface area contributed by atoms with Crippen LogP contribution < -0.4 is 5.32 Å². The largest absolute Gasteiger partial charge is 0.325 e. The van der Waals surface area contributed by atoms with Crippen molar-refractivity contribution in [3.8, 4) is 0 Å². The Morgan fingerprint density at radius 1 is 1.07 bits per heavy atom. The lowest BCUT2D eigenvalue weighted by molar-refractivity contribution is -0.119. The minimum atomic E-state index is -0.573. The number of halogens is 2. The first kappa shape index (κ1) is 18.7. The number of hydrogen-bond acceptors (Lipinski definition) is 3. The van der Waals surface area contributed by atoms with Crippen LogP contribution in [-0.2, 0) is 4.79 Å². The van der Waals surface area contributed by atoms with Crippen molar-refractivity contribution in [1.29, 1.82) is 0 Å². The van der Waals surface area contributed by atoms with Crippen LogP contribution in [0.1, 0.15) is 23.3 Å². The molecule has 0 aliphatic carbocycles. The first-order valence-corrected chi connectivity index (χ1v) is 9.71. The molecule has 1 saturated heterocycles. The minimum absolute atomic E-state index is 0.249. The molecule has 3 aromatic rings. The molecule has 4 rings (SSSR count). The number of nitrogens with one attached hydrogen (secondary N) is 1. The molecule has 142 valence electrons. The molecule has 1 atom stereocenters. The average Bonchev–Trinajstić information content (AvgIpc) is 3.20. The van der Waals surface area contributed by atoms with Crippen molar-refractivity contribution in [2.24, 2.45) is 0 Å². The minimum Gasteiger partial charge on any atom is -0.325 e. The van der Waals surface area contributed by atoms with Crippen LogP contribution in [0.5, 0.6) is 0 Å². The van der Waals surface area contributed by atoms with Gasteiger partial charge in [0.25, 0.3) is 5.91 Å². The van der Waals surface area contributed by atoms with Gasteiger partial charge in [-0.3, -0.25) is 9.59 Å². The molecule has 0 unspecified atom stereocenters. The molecule has 7 heteroatoms. The summed E-state index contributed by atoms with van der Waals surface area (Å²) in [5.74, 6) is -0.531. The van der Waals surface area contributed by atoms with Gasteiger partial charge in [0.2, 0.25) is 5.91 Å². The summed E-state index contributed by atoms with van der Waals surface area (Å²) in [4.78, 5) is 31.9. The summed E-state index contributed by atoms with van der Waals surface area (Å²) < 4.78 is 0. The molecule has 0 bridgehead atoms. The Balaban J connectivity index is 1.55. The normalized spacial score (nSPS) is 16.4. The number of rotatable bonds is 3. The number of likely N-dealkylation sites (tertiary alicyclic amines) is 1. The van der Waals surface area contributed by atoms with Crippen LogP contribution in [0, 0.1) is 0 Å². The molecule has 2 heterocycles. The van der Waals surface area contributed by atoms with Gasteiger partial charge in [-0.25, -0.2) is 4.98 Å². The van der Waals surface area contributed by atoms with Gasteiger partial charge in [-0.15, -0.1) is 0 Å². The van der Waals surface area contributed by atoms with E-state index in [1.807, 2.05) is 30.3 Å². The Morgan fingerprint density at radius 2 is 1.89 bits per heavy atom. The summed E-state index contributed by atoms with van der Waals surface area (Å²) in [7, 11) is 0. The first-order valence-electron chi connectivity index (χ1n) is 8.95. The number of hydrogen-bond donors (Lipinski definition) is 1. The number of benzene rings is 2. The second kappa shape index (κ2) is 7.78. The van der Waals surface area contributed by atoms with Gasteiger partial charge in [0, 0.05) is 17.0 Å². The fraction of sp³-hybridized carbons (Fsp3) is 0.190. The molecule has 1 N–H and O–H groups in total. The highest BCUT2D eigenvalue weighted by Crippen LogP contribution is 2.27. The highest BCUT2D eigenvalue weighted by molar-refractivity contribution is 6.35. The lowest BCUT2D eigenvalue weighted by Gasteiger charge is -2.24. The number of anilines is 1. The number of amides is 2. The Kier molecular flexibility index (Phi) is 5.20. The fourth-order valence-electron chi connectivity index (χ4n) is 3.42. The molecule has 1 aliphatic rings. The predicted octanol–water partition coefficient (Wildman–Crippen LogP) is 4.78. The van der Waals surface area contributed by atoms with E-state index in [9.17, 15) is 9.59 Å². The molecular weight excluding hydrogens is 397 g/mol. The van der Waals surface area contributed by atoms with Crippen LogP contribution in [0.4, 0.5) is 5.69 Å². The molecule has 1 aliphatic heterocycles. The molecule has 2 amide bonds. The molecule has 1 aromatic heterocycles. The highest BCUT2D eigenvalue weighted by Gasteiger charge is 2.35. The third kappa shape index (κ3) is 3.68. The first-order chi connectivity index (χ1) is 13.5. The van der Waals surface area contributed by atoms with Gasteiger partial charge < -0.3 is 10.2 Å². The maximum atomic E-state index is 13.0. The van der Waals surface area contributed by atoms with Crippen LogP contribution in [0.2, 0.25) is 10.0 Å². The van der Waals surface area contributed by atoms with Gasteiger partial charge in [-0.1, -0.05) is 47.5 Å². The number of fused-ring (bicyclic) bond motifs is 1. The van der Waals surface area contributed by atoms with Crippen LogP contribution >= 0.6 is 23.2 Å². The SMILES string of the molecule is O=C(Nc1cc(Cl)ccc1Cl)[C@H]1CCCN1C(=O)c1ccc2ccccc2n1. The highest BCUT2D eigenvalue weighted by atomic mass is 35.5. The number of para-hydroxylation sites is 1. The fourth-order valence-corrected chi connectivity index (χ4v) is 3.76. The summed E-state index contributed by atoms with van der Waals surface area (Å²) in [6.07, 6.45) is 1.34. The third-order valence-electron chi connectivity index (χ3n) is 4.82. The monoisotopic (exact) mass is 413 g/mol. The van der Waals surface area contributed by atoms with E-state index in [4.69, 9.17) is 23.2 Å². The van der Waals surface area contributed by atoms with Gasteiger partial charge >= 0.3 is 0 Å². The number of pyridine rings is 1. The van der Waals surface area contributed by atoms with Crippen molar-refractivity contribution in [3.63, 3.8) is 0 Å². The van der Waals surface area contributed by atoms with Gasteiger partial charge in [0.1, 0.15) is 11.7 Å². The molecular formula is C21H17Cl2N3O2. The predicted molar refractivity (Wildman–Crippen MR) is 111 cm³/mol. The van der Waals surface area contributed by atoms with Crippen molar-refractivity contribution in [3.05, 3.63) is 70.3 Å². The van der Waals surface area contributed by atoms with E-state index in [0.717, 1.165) is 17.3 Å². The van der Waals surface area contributed by atoms with E-state index in [2.05, 4.69) is 10.3 Å². The number of aromatic nitrogens is 1. The second-order valence-corrected chi connectivity index (χ2v) is 7.50. The van der Waals surface area contributed by atoms with E-state index in [1.165, 1.54) is 0 Å². The van der Waals surface area contributed by atoms with Gasteiger partial charge in [-0.05, 0) is 43.2 Å². The van der Waals surface area contributed by atoms with Crippen LogP contribution in [-0.4, -0.2) is 34.3 Å². The number of nitrogens with zero attached hydrogens (tertiary/aromatic N) is 2. The van der Waals surface area contributed by atoms with E-state index >= 15 is 0 Å². The van der Waals surface area contributed by atoms with Crippen molar-refractivity contribution in [1.82, 2.24) is 9.88 Å². The van der Waals surface area contributed by atoms with Crippen molar-refractivity contribution in [2.75, 3.05) is 11.9 Å². The zero-order valence-corrected chi connectivity index (χ0v) is 16.4. The van der Waals surface area contributed by atoms with Gasteiger partial charge in [0.15, 0.2) is 0 Å². The van der Waals surface area contributed by atoms with Crippen molar-refractivity contribution >= 4 is 51.6 Å². The standard InChI is InChI=1S/C21H17Cl2N3O2/c22-14-8-9-15(23)18(12-14)25-20(27)19-6-3-11-26(19)21(28)17-10-7-13-4-1-2-5-16(13)24-17/h1-2,4-5,7-10,12,19H,3,6,11H2,(H,25,27)/t19-/m1/s1. The van der Waals surface area contributed by atoms with E-state index in [-0.39, 0.29) is 11.8 Å². The zero-order chi connectivity index (χ0) is 19.7. The Morgan fingerprint density at radius 3 is 2.75 bits per heavy atom. The van der Waals surface area contributed by atoms with Crippen LogP contribution in [0.25, 0.3) is 10.9 Å². The molecule has 2 aromatic carbocycles. The summed E-state index contributed by atoms with van der Waals surface area (Å²) in [5, 5.41) is 4.62. The van der Waals surface area contributed by atoms with Crippen molar-refractivity contribution < 1.29 is 9.59 Å². The summed E-state index contributed by atoms with van der Waals surface area (Å²) in [6.45, 7) is 0.509. The topological polar surface area (TPSA) is 62.3 Å². The summed E-state index contributed by atoms with van der Waals surface area (Å²) >= 11 is 12.1. The summed E-state index contributed by atoms with van der Waals surface area (Å²) in [6, 6.07) is 15.5. The van der Waals surface area contributed by atoms with Crippen molar-refractivity contribution in [2.45, 2.75) is 18.9 Å². The zero-order valence-electron chi connectivity index (χ0n) is 14.9. The smallest absolute Gasteiger partial charge is 0.273 e. The average molecular weight is 414 g/mol. The lowest BCUT2D eigenvalue weighted by Crippen LogP contribution is -2.43. The maximum Gasteiger partial charge on any atom is 0.273 e. The molecule has 0 radical (unpaired) electrons. The molecule has 0 saturated carbocycles. The Bertz CT molecular complexity index is 1070. The third-order valence-corrected chi connectivity index (χ3v) is 5.38. The van der Waals surface area contributed by atoms with Crippen LogP contribution in [0.15, 0.2) is 54.6 Å². The van der Waals surface area contributed by atoms with E-state index < -0.39 is 6.04 Å². The number of carbonyl (C=O) groups excluding carboxylic acids is 2. The Labute approximate surface area is 172 Å². The molecule has 1 fully saturated rings. The van der Waals surface area contributed by atoms with E-state index in [0.29, 0.717) is 34.4 Å². The molecule has 28 heavy (non-hydrogen) atoms. The summed E-state index contributed by atoms with van der Waals surface area (Å²) in [5.41, 5.74) is 1.51. The lowest BCUT2D eigenvalue weighted by atomic mass is 10.1. The molecule has 0 spiro atoms. The van der Waals surface area contributed by atoms with Gasteiger partial charge in [-0.2, -0.15) is 0 Å². The second-order valence-electron chi connectivity index (χ2n) is 6.66. The quantitative estimate of drug-likeness (QED) is 0.671. The maximum absolute atomic E-state index is 13.0. The van der Waals surface area contributed by atoms with Crippen LogP contribution in [0.3, 0.4) is 0 Å². The van der Waals surface area contributed by atoms with Gasteiger partial charge in [0.05, 0.1) is 16.2 Å². The van der Waals surface area contributed by atoms with E-state index in [1.54, 1.807) is 29.2 Å².